The minimum atomic E-state index is 0.372. The van der Waals surface area contributed by atoms with Gasteiger partial charge in [-0.2, -0.15) is 0 Å². The molecule has 0 saturated heterocycles. The van der Waals surface area contributed by atoms with Crippen molar-refractivity contribution < 1.29 is 0 Å². The molecule has 152 valence electrons. The molecular weight excluding hydrogens is 326 g/mol. The van der Waals surface area contributed by atoms with Crippen molar-refractivity contribution in [1.82, 2.24) is 4.90 Å². The molecule has 0 fully saturated rings. The molecule has 0 aliphatic carbocycles. The third-order valence-corrected chi connectivity index (χ3v) is 6.19. The summed E-state index contributed by atoms with van der Waals surface area (Å²) < 4.78 is 0. The molecule has 0 spiro atoms. The quantitative estimate of drug-likeness (QED) is 0.163. The fourth-order valence-corrected chi connectivity index (χ4v) is 3.94. The summed E-state index contributed by atoms with van der Waals surface area (Å²) in [6.45, 7) is 5.69. The summed E-state index contributed by atoms with van der Waals surface area (Å²) in [5.41, 5.74) is 0. The van der Waals surface area contributed by atoms with E-state index in [1.807, 2.05) is 0 Å². The van der Waals surface area contributed by atoms with E-state index in [1.165, 1.54) is 103 Å². The Kier molecular flexibility index (Phi) is 19.2. The minimum Gasteiger partial charge on any atom is -0.309 e. The Bertz CT molecular complexity index is 254. The zero-order valence-electron chi connectivity index (χ0n) is 18.0. The molecule has 1 nitrogen and oxygen atoms in total. The van der Waals surface area contributed by atoms with Crippen molar-refractivity contribution in [2.75, 3.05) is 20.6 Å². The van der Waals surface area contributed by atoms with Crippen LogP contribution in [0.15, 0.2) is 0 Å². The lowest BCUT2D eigenvalue weighted by Gasteiger charge is -2.23. The maximum atomic E-state index is 6.55. The first-order valence-electron chi connectivity index (χ1n) is 11.4. The Hall–Kier alpha value is 0.250. The number of hydrogen-bond donors (Lipinski definition) is 0. The van der Waals surface area contributed by atoms with Crippen LogP contribution < -0.4 is 0 Å². The molecule has 0 bridgehead atoms. The van der Waals surface area contributed by atoms with Crippen LogP contribution in [0.2, 0.25) is 0 Å². The van der Waals surface area contributed by atoms with Crippen LogP contribution in [0.3, 0.4) is 0 Å². The highest BCUT2D eigenvalue weighted by atomic mass is 35.5. The zero-order valence-corrected chi connectivity index (χ0v) is 18.8. The highest BCUT2D eigenvalue weighted by Crippen LogP contribution is 2.25. The van der Waals surface area contributed by atoms with Crippen LogP contribution in [0.5, 0.6) is 0 Å². The topological polar surface area (TPSA) is 3.24 Å². The molecule has 0 aliphatic heterocycles. The molecular formula is C23H48ClN. The Morgan fingerprint density at radius 1 is 0.640 bits per heavy atom. The molecule has 25 heavy (non-hydrogen) atoms. The van der Waals surface area contributed by atoms with Crippen LogP contribution in [-0.4, -0.2) is 30.9 Å². The monoisotopic (exact) mass is 373 g/mol. The van der Waals surface area contributed by atoms with E-state index in [4.69, 9.17) is 11.6 Å². The van der Waals surface area contributed by atoms with Crippen molar-refractivity contribution in [2.24, 2.45) is 5.92 Å². The van der Waals surface area contributed by atoms with Crippen LogP contribution >= 0.6 is 11.6 Å². The van der Waals surface area contributed by atoms with Crippen molar-refractivity contribution in [3.8, 4) is 0 Å². The number of alkyl halides is 1. The lowest BCUT2D eigenvalue weighted by molar-refractivity contribution is 0.322. The lowest BCUT2D eigenvalue weighted by Crippen LogP contribution is -2.22. The van der Waals surface area contributed by atoms with E-state index in [9.17, 15) is 0 Å². The highest BCUT2D eigenvalue weighted by molar-refractivity contribution is 6.20. The molecule has 0 N–H and O–H groups in total. The number of nitrogens with zero attached hydrogens (tertiary/aromatic N) is 1. The third kappa shape index (κ3) is 17.4. The molecule has 2 atom stereocenters. The average molecular weight is 374 g/mol. The normalized spacial score (nSPS) is 14.2. The summed E-state index contributed by atoms with van der Waals surface area (Å²) in [7, 11) is 4.33. The number of rotatable bonds is 19. The van der Waals surface area contributed by atoms with Gasteiger partial charge in [0.1, 0.15) is 0 Å². The largest absolute Gasteiger partial charge is 0.309 e. The van der Waals surface area contributed by atoms with Crippen molar-refractivity contribution in [3.63, 3.8) is 0 Å². The van der Waals surface area contributed by atoms with Crippen LogP contribution in [0, 0.1) is 5.92 Å². The molecule has 0 rings (SSSR count). The van der Waals surface area contributed by atoms with E-state index in [-0.39, 0.29) is 0 Å². The maximum absolute atomic E-state index is 6.55. The van der Waals surface area contributed by atoms with Crippen molar-refractivity contribution >= 4 is 11.6 Å². The second kappa shape index (κ2) is 19.0. The summed E-state index contributed by atoms with van der Waals surface area (Å²) >= 11 is 6.55. The number of halogens is 1. The van der Waals surface area contributed by atoms with Gasteiger partial charge < -0.3 is 4.90 Å². The van der Waals surface area contributed by atoms with Gasteiger partial charge in [-0.3, -0.25) is 0 Å². The Balaban J connectivity index is 3.44. The summed E-state index contributed by atoms with van der Waals surface area (Å²) in [6.07, 6.45) is 22.3. The molecule has 0 saturated carbocycles. The fraction of sp³-hybridized carbons (Fsp3) is 1.00. The Morgan fingerprint density at radius 2 is 1.08 bits per heavy atom. The second-order valence-corrected chi connectivity index (χ2v) is 8.87. The first-order chi connectivity index (χ1) is 12.1. The molecule has 0 aliphatic rings. The van der Waals surface area contributed by atoms with Crippen LogP contribution in [0.1, 0.15) is 117 Å². The lowest BCUT2D eigenvalue weighted by atomic mass is 9.92. The van der Waals surface area contributed by atoms with Gasteiger partial charge in [0.2, 0.25) is 0 Å². The summed E-state index contributed by atoms with van der Waals surface area (Å²) in [4.78, 5) is 2.29. The fourth-order valence-electron chi connectivity index (χ4n) is 3.69. The standard InChI is InChI=1S/C23H48ClN/c1-5-7-8-9-10-11-12-13-14-15-16-17-18-19-22(23(24)6-2)20-21-25(3)4/h22-23H,5-21H2,1-4H3. The smallest absolute Gasteiger partial charge is 0.0362 e. The molecule has 0 aromatic rings. The minimum absolute atomic E-state index is 0.372. The molecule has 2 heteroatoms. The van der Waals surface area contributed by atoms with Gasteiger partial charge in [0.05, 0.1) is 0 Å². The summed E-state index contributed by atoms with van der Waals surface area (Å²) in [5, 5.41) is 0.372. The van der Waals surface area contributed by atoms with E-state index in [0.717, 1.165) is 6.42 Å². The average Bonchev–Trinajstić information content (AvgIpc) is 2.60. The van der Waals surface area contributed by atoms with Gasteiger partial charge in [-0.05, 0) is 45.8 Å². The summed E-state index contributed by atoms with van der Waals surface area (Å²) in [6, 6.07) is 0. The van der Waals surface area contributed by atoms with Gasteiger partial charge >= 0.3 is 0 Å². The molecule has 0 aromatic carbocycles. The van der Waals surface area contributed by atoms with E-state index < -0.39 is 0 Å². The van der Waals surface area contributed by atoms with Gasteiger partial charge in [-0.1, -0.05) is 97.3 Å². The second-order valence-electron chi connectivity index (χ2n) is 8.31. The van der Waals surface area contributed by atoms with Gasteiger partial charge in [-0.25, -0.2) is 0 Å². The molecule has 0 aromatic heterocycles. The van der Waals surface area contributed by atoms with Crippen molar-refractivity contribution in [1.29, 1.82) is 0 Å². The molecule has 0 heterocycles. The van der Waals surface area contributed by atoms with Gasteiger partial charge in [-0.15, -0.1) is 11.6 Å². The Morgan fingerprint density at radius 3 is 1.48 bits per heavy atom. The molecule has 0 radical (unpaired) electrons. The summed E-state index contributed by atoms with van der Waals surface area (Å²) in [5.74, 6) is 0.710. The first-order valence-corrected chi connectivity index (χ1v) is 11.8. The van der Waals surface area contributed by atoms with Crippen molar-refractivity contribution in [3.05, 3.63) is 0 Å². The number of unbranched alkanes of at least 4 members (excludes halogenated alkanes) is 12. The predicted molar refractivity (Wildman–Crippen MR) is 117 cm³/mol. The molecule has 2 unspecified atom stereocenters. The highest BCUT2D eigenvalue weighted by Gasteiger charge is 2.17. The van der Waals surface area contributed by atoms with Gasteiger partial charge in [0, 0.05) is 5.38 Å². The first kappa shape index (κ1) is 25.2. The van der Waals surface area contributed by atoms with Gasteiger partial charge in [0.25, 0.3) is 0 Å². The van der Waals surface area contributed by atoms with E-state index >= 15 is 0 Å². The van der Waals surface area contributed by atoms with E-state index in [0.29, 0.717) is 11.3 Å². The SMILES string of the molecule is CCCCCCCCCCCCCCCC(CCN(C)C)C(Cl)CC. The third-order valence-electron chi connectivity index (χ3n) is 5.53. The van der Waals surface area contributed by atoms with E-state index in [2.05, 4.69) is 32.8 Å². The number of hydrogen-bond acceptors (Lipinski definition) is 1. The van der Waals surface area contributed by atoms with Crippen LogP contribution in [0.25, 0.3) is 0 Å². The predicted octanol–water partition coefficient (Wildman–Crippen LogP) is 8.05. The van der Waals surface area contributed by atoms with E-state index in [1.54, 1.807) is 0 Å². The zero-order chi connectivity index (χ0) is 18.8. The Labute approximate surface area is 165 Å². The molecule has 0 amide bonds. The van der Waals surface area contributed by atoms with Crippen LogP contribution in [-0.2, 0) is 0 Å². The maximum Gasteiger partial charge on any atom is 0.0362 e. The van der Waals surface area contributed by atoms with Crippen molar-refractivity contribution in [2.45, 2.75) is 122 Å². The van der Waals surface area contributed by atoms with Crippen LogP contribution in [0.4, 0.5) is 0 Å². The van der Waals surface area contributed by atoms with Gasteiger partial charge in [0.15, 0.2) is 0 Å².